The molecule has 0 saturated carbocycles. The van der Waals surface area contributed by atoms with E-state index in [0.29, 0.717) is 6.54 Å². The van der Waals surface area contributed by atoms with Crippen LogP contribution in [-0.2, 0) is 10.0 Å². The minimum Gasteiger partial charge on any atom is -0.334 e. The van der Waals surface area contributed by atoms with Crippen molar-refractivity contribution in [2.75, 3.05) is 19.6 Å². The second kappa shape index (κ2) is 6.23. The highest BCUT2D eigenvalue weighted by molar-refractivity contribution is 7.89. The molecule has 1 aliphatic rings. The van der Waals surface area contributed by atoms with E-state index in [1.165, 1.54) is 10.5 Å². The standard InChI is InChI=1S/C16H21N5O3S/c1-12-5-4-6-13(9-12)25(23,24)21-8-7-20(11-16(21,2)3)15(22)14-10-17-19-18-14/h4-6,9-10H,7-8,11H2,1-3H3,(H,17,18,19). The van der Waals surface area contributed by atoms with Crippen molar-refractivity contribution in [1.82, 2.24) is 24.6 Å². The van der Waals surface area contributed by atoms with Crippen molar-refractivity contribution in [2.24, 2.45) is 0 Å². The first kappa shape index (κ1) is 17.6. The van der Waals surface area contributed by atoms with Crippen LogP contribution in [0.3, 0.4) is 0 Å². The first-order chi connectivity index (χ1) is 11.7. The van der Waals surface area contributed by atoms with Gasteiger partial charge in [0, 0.05) is 25.2 Å². The van der Waals surface area contributed by atoms with Crippen LogP contribution in [0.25, 0.3) is 0 Å². The highest BCUT2D eigenvalue weighted by Crippen LogP contribution is 2.29. The third-order valence-electron chi connectivity index (χ3n) is 4.32. The van der Waals surface area contributed by atoms with Crippen molar-refractivity contribution in [2.45, 2.75) is 31.2 Å². The summed E-state index contributed by atoms with van der Waals surface area (Å²) < 4.78 is 27.6. The number of H-pyrrole nitrogens is 1. The van der Waals surface area contributed by atoms with Crippen LogP contribution >= 0.6 is 0 Å². The van der Waals surface area contributed by atoms with Crippen LogP contribution in [0.4, 0.5) is 0 Å². The molecule has 0 aliphatic carbocycles. The smallest absolute Gasteiger partial charge is 0.276 e. The van der Waals surface area contributed by atoms with E-state index in [9.17, 15) is 13.2 Å². The Morgan fingerprint density at radius 1 is 1.28 bits per heavy atom. The fourth-order valence-electron chi connectivity index (χ4n) is 3.13. The third kappa shape index (κ3) is 3.29. The van der Waals surface area contributed by atoms with Gasteiger partial charge in [-0.15, -0.1) is 0 Å². The van der Waals surface area contributed by atoms with E-state index in [4.69, 9.17) is 0 Å². The van der Waals surface area contributed by atoms with Crippen molar-refractivity contribution < 1.29 is 13.2 Å². The molecule has 1 amide bonds. The number of aromatic nitrogens is 3. The van der Waals surface area contributed by atoms with Gasteiger partial charge in [-0.3, -0.25) is 4.79 Å². The van der Waals surface area contributed by atoms with Gasteiger partial charge in [-0.2, -0.15) is 19.7 Å². The van der Waals surface area contributed by atoms with Crippen LogP contribution in [0.5, 0.6) is 0 Å². The predicted molar refractivity (Wildman–Crippen MR) is 91.4 cm³/mol. The van der Waals surface area contributed by atoms with Crippen LogP contribution in [0.2, 0.25) is 0 Å². The van der Waals surface area contributed by atoms with Gasteiger partial charge < -0.3 is 4.90 Å². The van der Waals surface area contributed by atoms with Gasteiger partial charge in [0.25, 0.3) is 5.91 Å². The van der Waals surface area contributed by atoms with Crippen molar-refractivity contribution in [3.05, 3.63) is 41.7 Å². The van der Waals surface area contributed by atoms with Crippen molar-refractivity contribution in [3.63, 3.8) is 0 Å². The molecule has 1 fully saturated rings. The molecule has 3 rings (SSSR count). The Bertz CT molecular complexity index is 877. The Morgan fingerprint density at radius 2 is 2.04 bits per heavy atom. The second-order valence-electron chi connectivity index (χ2n) is 6.79. The van der Waals surface area contributed by atoms with E-state index >= 15 is 0 Å². The van der Waals surface area contributed by atoms with Crippen molar-refractivity contribution in [1.29, 1.82) is 0 Å². The molecule has 1 saturated heterocycles. The van der Waals surface area contributed by atoms with E-state index in [1.54, 1.807) is 23.1 Å². The lowest BCUT2D eigenvalue weighted by Crippen LogP contribution is -2.61. The molecule has 2 heterocycles. The summed E-state index contributed by atoms with van der Waals surface area (Å²) in [7, 11) is -3.63. The zero-order valence-corrected chi connectivity index (χ0v) is 15.2. The minimum atomic E-state index is -3.63. The number of hydrogen-bond acceptors (Lipinski definition) is 5. The topological polar surface area (TPSA) is 99.3 Å². The molecule has 1 N–H and O–H groups in total. The molecule has 25 heavy (non-hydrogen) atoms. The highest BCUT2D eigenvalue weighted by Gasteiger charge is 2.43. The van der Waals surface area contributed by atoms with E-state index in [-0.39, 0.29) is 29.6 Å². The Labute approximate surface area is 146 Å². The first-order valence-electron chi connectivity index (χ1n) is 7.96. The number of aromatic amines is 1. The highest BCUT2D eigenvalue weighted by atomic mass is 32.2. The molecule has 0 spiro atoms. The summed E-state index contributed by atoms with van der Waals surface area (Å²) in [5.41, 5.74) is 0.379. The van der Waals surface area contributed by atoms with Crippen LogP contribution in [0.15, 0.2) is 35.4 Å². The fraction of sp³-hybridized carbons (Fsp3) is 0.438. The summed E-state index contributed by atoms with van der Waals surface area (Å²) in [6.45, 7) is 6.32. The second-order valence-corrected chi connectivity index (χ2v) is 8.65. The van der Waals surface area contributed by atoms with Crippen molar-refractivity contribution in [3.8, 4) is 0 Å². The summed E-state index contributed by atoms with van der Waals surface area (Å²) in [5.74, 6) is -0.255. The zero-order valence-electron chi connectivity index (χ0n) is 14.4. The summed E-state index contributed by atoms with van der Waals surface area (Å²) in [6.07, 6.45) is 1.37. The molecule has 9 heteroatoms. The molecule has 0 bridgehead atoms. The van der Waals surface area contributed by atoms with Gasteiger partial charge in [0.05, 0.1) is 11.1 Å². The molecule has 0 atom stereocenters. The number of aryl methyl sites for hydroxylation is 1. The Kier molecular flexibility index (Phi) is 4.38. The average molecular weight is 363 g/mol. The average Bonchev–Trinajstić information content (AvgIpc) is 3.07. The van der Waals surface area contributed by atoms with Gasteiger partial charge in [-0.1, -0.05) is 12.1 Å². The third-order valence-corrected chi connectivity index (χ3v) is 6.43. The van der Waals surface area contributed by atoms with Gasteiger partial charge >= 0.3 is 0 Å². The van der Waals surface area contributed by atoms with Gasteiger partial charge in [-0.25, -0.2) is 8.42 Å². The van der Waals surface area contributed by atoms with E-state index in [2.05, 4.69) is 15.4 Å². The number of hydrogen-bond donors (Lipinski definition) is 1. The normalized spacial score (nSPS) is 18.3. The van der Waals surface area contributed by atoms with Gasteiger partial charge in [0.2, 0.25) is 10.0 Å². The lowest BCUT2D eigenvalue weighted by atomic mass is 10.0. The summed E-state index contributed by atoms with van der Waals surface area (Å²) in [4.78, 5) is 14.3. The molecule has 1 aromatic carbocycles. The summed E-state index contributed by atoms with van der Waals surface area (Å²) in [5, 5.41) is 9.87. The maximum atomic E-state index is 13.1. The zero-order chi connectivity index (χ0) is 18.2. The number of amides is 1. The molecular weight excluding hydrogens is 342 g/mol. The summed E-state index contributed by atoms with van der Waals surface area (Å²) in [6, 6.07) is 6.86. The lowest BCUT2D eigenvalue weighted by Gasteiger charge is -2.45. The maximum absolute atomic E-state index is 13.1. The molecule has 0 unspecified atom stereocenters. The predicted octanol–water partition coefficient (Wildman–Crippen LogP) is 1.04. The Hall–Kier alpha value is -2.26. The molecular formula is C16H21N5O3S. The number of nitrogens with one attached hydrogen (secondary N) is 1. The molecule has 8 nitrogen and oxygen atoms in total. The first-order valence-corrected chi connectivity index (χ1v) is 9.40. The molecule has 134 valence electrons. The van der Waals surface area contributed by atoms with E-state index < -0.39 is 15.6 Å². The maximum Gasteiger partial charge on any atom is 0.276 e. The monoisotopic (exact) mass is 363 g/mol. The SMILES string of the molecule is Cc1cccc(S(=O)(=O)N2CCN(C(=O)c3cn[nH]n3)CC2(C)C)c1. The number of rotatable bonds is 3. The number of piperazine rings is 1. The van der Waals surface area contributed by atoms with E-state index in [1.807, 2.05) is 26.8 Å². The van der Waals surface area contributed by atoms with Crippen LogP contribution in [-0.4, -0.2) is 64.1 Å². The molecule has 1 aliphatic heterocycles. The minimum absolute atomic E-state index is 0.228. The number of benzene rings is 1. The number of sulfonamides is 1. The fourth-order valence-corrected chi connectivity index (χ4v) is 5.00. The van der Waals surface area contributed by atoms with Crippen LogP contribution in [0, 0.1) is 6.92 Å². The van der Waals surface area contributed by atoms with Gasteiger partial charge in [0.15, 0.2) is 5.69 Å². The number of carbonyl (C=O) groups excluding carboxylic acids is 1. The number of nitrogens with zero attached hydrogens (tertiary/aromatic N) is 4. The Balaban J connectivity index is 1.85. The number of carbonyl (C=O) groups is 1. The molecule has 1 aromatic heterocycles. The van der Waals surface area contributed by atoms with E-state index in [0.717, 1.165) is 5.56 Å². The molecule has 0 radical (unpaired) electrons. The Morgan fingerprint density at radius 3 is 2.64 bits per heavy atom. The lowest BCUT2D eigenvalue weighted by molar-refractivity contribution is 0.0489. The van der Waals surface area contributed by atoms with Crippen LogP contribution in [0.1, 0.15) is 29.9 Å². The molecule has 2 aromatic rings. The van der Waals surface area contributed by atoms with Gasteiger partial charge in [-0.05, 0) is 38.5 Å². The van der Waals surface area contributed by atoms with Crippen molar-refractivity contribution >= 4 is 15.9 Å². The van der Waals surface area contributed by atoms with Crippen LogP contribution < -0.4 is 0 Å². The summed E-state index contributed by atoms with van der Waals surface area (Å²) >= 11 is 0. The largest absolute Gasteiger partial charge is 0.334 e. The van der Waals surface area contributed by atoms with Gasteiger partial charge in [0.1, 0.15) is 0 Å². The quantitative estimate of drug-likeness (QED) is 0.878.